The molecule has 1 unspecified atom stereocenters. The van der Waals surface area contributed by atoms with Crippen molar-refractivity contribution in [2.75, 3.05) is 40.6 Å². The Hall–Kier alpha value is -1.30. The molecule has 0 aliphatic carbocycles. The van der Waals surface area contributed by atoms with Gasteiger partial charge in [-0.05, 0) is 26.0 Å². The van der Waals surface area contributed by atoms with E-state index in [1.807, 2.05) is 19.1 Å². The van der Waals surface area contributed by atoms with Gasteiger partial charge < -0.3 is 24.6 Å². The summed E-state index contributed by atoms with van der Waals surface area (Å²) in [5, 5.41) is 13.3. The Morgan fingerprint density at radius 2 is 2.00 bits per heavy atom. The molecule has 1 atom stereocenters. The average Bonchev–Trinajstić information content (AvgIpc) is 2.45. The van der Waals surface area contributed by atoms with Crippen LogP contribution in [0.15, 0.2) is 18.2 Å². The summed E-state index contributed by atoms with van der Waals surface area (Å²) in [6, 6.07) is 5.43. The lowest BCUT2D eigenvalue weighted by atomic mass is 10.1. The fraction of sp³-hybridized carbons (Fsp3) is 0.600. The zero-order valence-electron chi connectivity index (χ0n) is 12.5. The summed E-state index contributed by atoms with van der Waals surface area (Å²) in [5.41, 5.74) is 0.867. The molecule has 5 heteroatoms. The number of hydrogen-bond acceptors (Lipinski definition) is 5. The molecule has 0 aromatic heterocycles. The van der Waals surface area contributed by atoms with Crippen LogP contribution in [0.2, 0.25) is 0 Å². The quantitative estimate of drug-likeness (QED) is 0.644. The number of phenolic OH excluding ortho intramolecular Hbond substituents is 1. The van der Waals surface area contributed by atoms with Crippen molar-refractivity contribution in [1.82, 2.24) is 5.32 Å². The molecule has 1 aromatic rings. The molecular formula is C15H25NO4. The van der Waals surface area contributed by atoms with Crippen molar-refractivity contribution in [1.29, 1.82) is 0 Å². The normalized spacial score (nSPS) is 12.3. The minimum absolute atomic E-state index is 0.0832. The van der Waals surface area contributed by atoms with Crippen LogP contribution in [-0.2, 0) is 9.47 Å². The predicted octanol–water partition coefficient (Wildman–Crippen LogP) is 2.10. The maximum Gasteiger partial charge on any atom is 0.124 e. The first kappa shape index (κ1) is 16.8. The van der Waals surface area contributed by atoms with Crippen LogP contribution in [0.4, 0.5) is 0 Å². The van der Waals surface area contributed by atoms with Gasteiger partial charge >= 0.3 is 0 Å². The standard InChI is InChI=1S/C15H25NO4/c1-12(16-7-4-8-20-10-9-18-2)14-6-5-13(19-3)11-15(14)17/h5-6,11-12,16-17H,4,7-10H2,1-3H3. The van der Waals surface area contributed by atoms with Crippen molar-refractivity contribution in [3.8, 4) is 11.5 Å². The first-order chi connectivity index (χ1) is 9.69. The Bertz CT molecular complexity index is 384. The predicted molar refractivity (Wildman–Crippen MR) is 78.4 cm³/mol. The largest absolute Gasteiger partial charge is 0.507 e. The summed E-state index contributed by atoms with van der Waals surface area (Å²) in [5.74, 6) is 0.908. The summed E-state index contributed by atoms with van der Waals surface area (Å²) in [7, 11) is 3.24. The molecule has 5 nitrogen and oxygen atoms in total. The van der Waals surface area contributed by atoms with Gasteiger partial charge in [0.2, 0.25) is 0 Å². The van der Waals surface area contributed by atoms with Crippen LogP contribution in [0, 0.1) is 0 Å². The van der Waals surface area contributed by atoms with E-state index < -0.39 is 0 Å². The maximum absolute atomic E-state index is 9.93. The molecule has 0 aliphatic rings. The molecule has 0 radical (unpaired) electrons. The fourth-order valence-electron chi connectivity index (χ4n) is 1.86. The third kappa shape index (κ3) is 5.77. The second-order valence-electron chi connectivity index (χ2n) is 4.56. The highest BCUT2D eigenvalue weighted by Gasteiger charge is 2.10. The van der Waals surface area contributed by atoms with Crippen LogP contribution in [-0.4, -0.2) is 45.7 Å². The molecule has 2 N–H and O–H groups in total. The van der Waals surface area contributed by atoms with Gasteiger partial charge in [0, 0.05) is 31.4 Å². The molecule has 1 rings (SSSR count). The number of methoxy groups -OCH3 is 2. The lowest BCUT2D eigenvalue weighted by Crippen LogP contribution is -2.21. The third-order valence-corrected chi connectivity index (χ3v) is 3.05. The van der Waals surface area contributed by atoms with Gasteiger partial charge in [-0.15, -0.1) is 0 Å². The van der Waals surface area contributed by atoms with Crippen LogP contribution in [0.25, 0.3) is 0 Å². The Morgan fingerprint density at radius 1 is 1.20 bits per heavy atom. The van der Waals surface area contributed by atoms with Gasteiger partial charge in [-0.1, -0.05) is 6.07 Å². The molecule has 114 valence electrons. The van der Waals surface area contributed by atoms with Gasteiger partial charge in [-0.25, -0.2) is 0 Å². The zero-order chi connectivity index (χ0) is 14.8. The highest BCUT2D eigenvalue weighted by Crippen LogP contribution is 2.28. The van der Waals surface area contributed by atoms with E-state index in [2.05, 4.69) is 5.32 Å². The Morgan fingerprint density at radius 3 is 2.65 bits per heavy atom. The SMILES string of the molecule is COCCOCCCNC(C)c1ccc(OC)cc1O. The number of hydrogen-bond donors (Lipinski definition) is 2. The number of aromatic hydroxyl groups is 1. The molecule has 1 aromatic carbocycles. The second-order valence-corrected chi connectivity index (χ2v) is 4.56. The smallest absolute Gasteiger partial charge is 0.124 e. The van der Waals surface area contributed by atoms with Gasteiger partial charge in [-0.2, -0.15) is 0 Å². The highest BCUT2D eigenvalue weighted by molar-refractivity contribution is 5.41. The molecular weight excluding hydrogens is 258 g/mol. The summed E-state index contributed by atoms with van der Waals surface area (Å²) in [4.78, 5) is 0. The number of rotatable bonds is 10. The van der Waals surface area contributed by atoms with E-state index in [1.54, 1.807) is 20.3 Å². The number of ether oxygens (including phenoxy) is 3. The van der Waals surface area contributed by atoms with Crippen molar-refractivity contribution in [2.24, 2.45) is 0 Å². The molecule has 0 fully saturated rings. The van der Waals surface area contributed by atoms with Gasteiger partial charge in [-0.3, -0.25) is 0 Å². The minimum Gasteiger partial charge on any atom is -0.507 e. The maximum atomic E-state index is 9.93. The Balaban J connectivity index is 2.27. The summed E-state index contributed by atoms with van der Waals surface area (Å²) in [6.07, 6.45) is 0.922. The van der Waals surface area contributed by atoms with Crippen LogP contribution in [0.3, 0.4) is 0 Å². The van der Waals surface area contributed by atoms with Crippen LogP contribution in [0.1, 0.15) is 24.9 Å². The molecule has 0 saturated carbocycles. The van der Waals surface area contributed by atoms with Crippen LogP contribution < -0.4 is 10.1 Å². The monoisotopic (exact) mass is 283 g/mol. The van der Waals surface area contributed by atoms with Gasteiger partial charge in [0.25, 0.3) is 0 Å². The van der Waals surface area contributed by atoms with E-state index in [-0.39, 0.29) is 11.8 Å². The van der Waals surface area contributed by atoms with Crippen molar-refractivity contribution in [3.05, 3.63) is 23.8 Å². The number of nitrogens with one attached hydrogen (secondary N) is 1. The van der Waals surface area contributed by atoms with Gasteiger partial charge in [0.1, 0.15) is 11.5 Å². The molecule has 0 spiro atoms. The van der Waals surface area contributed by atoms with Crippen LogP contribution >= 0.6 is 0 Å². The van der Waals surface area contributed by atoms with E-state index in [9.17, 15) is 5.11 Å². The minimum atomic E-state index is 0.0832. The Kier molecular flexibility index (Phi) is 8.02. The summed E-state index contributed by atoms with van der Waals surface area (Å²) in [6.45, 7) is 4.82. The lowest BCUT2D eigenvalue weighted by molar-refractivity contribution is 0.0693. The topological polar surface area (TPSA) is 60.0 Å². The van der Waals surface area contributed by atoms with Crippen molar-refractivity contribution < 1.29 is 19.3 Å². The molecule has 20 heavy (non-hydrogen) atoms. The van der Waals surface area contributed by atoms with E-state index in [0.29, 0.717) is 25.6 Å². The van der Waals surface area contributed by atoms with E-state index in [0.717, 1.165) is 18.5 Å². The number of benzene rings is 1. The van der Waals surface area contributed by atoms with Crippen LogP contribution in [0.5, 0.6) is 11.5 Å². The molecule has 0 saturated heterocycles. The fourth-order valence-corrected chi connectivity index (χ4v) is 1.86. The molecule has 0 aliphatic heterocycles. The van der Waals surface area contributed by atoms with E-state index in [4.69, 9.17) is 14.2 Å². The lowest BCUT2D eigenvalue weighted by Gasteiger charge is -2.16. The van der Waals surface area contributed by atoms with E-state index in [1.165, 1.54) is 0 Å². The summed E-state index contributed by atoms with van der Waals surface area (Å²) >= 11 is 0. The molecule has 0 bridgehead atoms. The van der Waals surface area contributed by atoms with Gasteiger partial charge in [0.15, 0.2) is 0 Å². The average molecular weight is 283 g/mol. The Labute approximate surface area is 120 Å². The van der Waals surface area contributed by atoms with Crippen molar-refractivity contribution >= 4 is 0 Å². The molecule has 0 amide bonds. The third-order valence-electron chi connectivity index (χ3n) is 3.05. The zero-order valence-corrected chi connectivity index (χ0v) is 12.5. The van der Waals surface area contributed by atoms with E-state index >= 15 is 0 Å². The first-order valence-corrected chi connectivity index (χ1v) is 6.86. The van der Waals surface area contributed by atoms with Crippen molar-refractivity contribution in [2.45, 2.75) is 19.4 Å². The second kappa shape index (κ2) is 9.58. The van der Waals surface area contributed by atoms with Gasteiger partial charge in [0.05, 0.1) is 20.3 Å². The summed E-state index contributed by atoms with van der Waals surface area (Å²) < 4.78 is 15.4. The highest BCUT2D eigenvalue weighted by atomic mass is 16.5. The first-order valence-electron chi connectivity index (χ1n) is 6.86. The van der Waals surface area contributed by atoms with Crippen molar-refractivity contribution in [3.63, 3.8) is 0 Å². The molecule has 0 heterocycles. The number of phenols is 1.